The normalized spacial score (nSPS) is 12.2. The molecule has 1 aromatic carbocycles. The van der Waals surface area contributed by atoms with Crippen molar-refractivity contribution in [2.45, 2.75) is 25.7 Å². The number of carboxylic acids is 1. The number of nitrogens with zero attached hydrogens (tertiary/aromatic N) is 7. The predicted octanol–water partition coefficient (Wildman–Crippen LogP) is 2.86. The SMILES string of the molecule is COC(=O)CCC(=O)NCC(C)c1nc2c(N=Nc3nncs3)c(-c3ccccc3C(=O)O)[nH]n2n1. The molecule has 3 aromatic heterocycles. The molecule has 0 saturated heterocycles. The van der Waals surface area contributed by atoms with Crippen LogP contribution in [-0.2, 0) is 14.3 Å². The lowest BCUT2D eigenvalue weighted by Crippen LogP contribution is -2.28. The summed E-state index contributed by atoms with van der Waals surface area (Å²) in [6, 6.07) is 6.46. The van der Waals surface area contributed by atoms with Crippen molar-refractivity contribution in [3.63, 3.8) is 0 Å². The molecule has 4 rings (SSSR count). The largest absolute Gasteiger partial charge is 0.478 e. The third kappa shape index (κ3) is 5.41. The monoisotopic (exact) mass is 511 g/mol. The van der Waals surface area contributed by atoms with E-state index in [-0.39, 0.29) is 42.5 Å². The second kappa shape index (κ2) is 10.8. The molecular formula is C21H21N9O5S. The minimum atomic E-state index is -1.10. The number of aromatic carboxylic acids is 1. The molecule has 186 valence electrons. The van der Waals surface area contributed by atoms with Gasteiger partial charge in [0.05, 0.1) is 24.8 Å². The molecule has 0 saturated carbocycles. The molecule has 0 spiro atoms. The first kappa shape index (κ1) is 24.6. The number of aromatic amines is 1. The van der Waals surface area contributed by atoms with Crippen LogP contribution in [0.2, 0.25) is 0 Å². The van der Waals surface area contributed by atoms with Crippen LogP contribution in [0, 0.1) is 0 Å². The van der Waals surface area contributed by atoms with Crippen molar-refractivity contribution in [2.75, 3.05) is 13.7 Å². The van der Waals surface area contributed by atoms with E-state index in [9.17, 15) is 19.5 Å². The van der Waals surface area contributed by atoms with Crippen LogP contribution in [-0.4, -0.2) is 66.6 Å². The third-order valence-corrected chi connectivity index (χ3v) is 5.70. The van der Waals surface area contributed by atoms with Crippen molar-refractivity contribution in [2.24, 2.45) is 10.2 Å². The van der Waals surface area contributed by atoms with Gasteiger partial charge in [0.25, 0.3) is 5.13 Å². The van der Waals surface area contributed by atoms with Gasteiger partial charge in [0.15, 0.2) is 11.5 Å². The average molecular weight is 512 g/mol. The Balaban J connectivity index is 1.63. The number of amides is 1. The van der Waals surface area contributed by atoms with Crippen molar-refractivity contribution in [1.82, 2.24) is 35.3 Å². The van der Waals surface area contributed by atoms with Crippen molar-refractivity contribution in [3.05, 3.63) is 41.2 Å². The van der Waals surface area contributed by atoms with Crippen molar-refractivity contribution < 1.29 is 24.2 Å². The van der Waals surface area contributed by atoms with Gasteiger partial charge in [-0.25, -0.2) is 9.78 Å². The summed E-state index contributed by atoms with van der Waals surface area (Å²) in [5.74, 6) is -1.71. The van der Waals surface area contributed by atoms with Gasteiger partial charge in [0.1, 0.15) is 5.51 Å². The highest BCUT2D eigenvalue weighted by molar-refractivity contribution is 7.13. The van der Waals surface area contributed by atoms with E-state index >= 15 is 0 Å². The molecule has 0 radical (unpaired) electrons. The molecule has 3 heterocycles. The van der Waals surface area contributed by atoms with E-state index in [1.165, 1.54) is 34.7 Å². The number of fused-ring (bicyclic) bond motifs is 1. The fourth-order valence-corrected chi connectivity index (χ4v) is 3.65. The summed E-state index contributed by atoms with van der Waals surface area (Å²) < 4.78 is 5.92. The average Bonchev–Trinajstić information content (AvgIpc) is 3.61. The zero-order valence-electron chi connectivity index (χ0n) is 19.2. The lowest BCUT2D eigenvalue weighted by atomic mass is 10.0. The number of rotatable bonds is 10. The summed E-state index contributed by atoms with van der Waals surface area (Å²) in [6.07, 6.45) is 0.00528. The predicted molar refractivity (Wildman–Crippen MR) is 126 cm³/mol. The van der Waals surface area contributed by atoms with E-state index in [1.54, 1.807) is 18.2 Å². The minimum Gasteiger partial charge on any atom is -0.478 e. The topological polar surface area (TPSA) is 189 Å². The van der Waals surface area contributed by atoms with E-state index < -0.39 is 11.9 Å². The summed E-state index contributed by atoms with van der Waals surface area (Å²) in [6.45, 7) is 2.07. The number of carbonyl (C=O) groups excluding carboxylic acids is 2. The van der Waals surface area contributed by atoms with E-state index in [0.29, 0.717) is 27.9 Å². The van der Waals surface area contributed by atoms with Gasteiger partial charge in [-0.1, -0.05) is 36.5 Å². The molecular weight excluding hydrogens is 490 g/mol. The van der Waals surface area contributed by atoms with Crippen LogP contribution < -0.4 is 5.32 Å². The summed E-state index contributed by atoms with van der Waals surface area (Å²) in [4.78, 5) is 39.6. The zero-order valence-corrected chi connectivity index (χ0v) is 20.0. The standard InChI is InChI=1S/C21H21N9O5S/c1-11(9-22-14(31)7-8-15(32)35-2)18-24-19-17(25-27-21-26-23-10-36-21)16(28-30(19)29-18)12-5-3-4-6-13(12)20(33)34/h3-6,10-11,28H,7-9H2,1-2H3,(H,22,31)(H,33,34). The maximum Gasteiger partial charge on any atom is 0.336 e. The molecule has 1 amide bonds. The van der Waals surface area contributed by atoms with Crippen LogP contribution >= 0.6 is 11.3 Å². The van der Waals surface area contributed by atoms with Gasteiger partial charge in [-0.15, -0.1) is 25.5 Å². The number of hydrogen-bond acceptors (Lipinski definition) is 11. The molecule has 0 bridgehead atoms. The van der Waals surface area contributed by atoms with Crippen molar-refractivity contribution in [3.8, 4) is 11.3 Å². The van der Waals surface area contributed by atoms with E-state index in [1.807, 2.05) is 6.92 Å². The summed E-state index contributed by atoms with van der Waals surface area (Å²) in [7, 11) is 1.27. The Morgan fingerprint density at radius 1 is 1.25 bits per heavy atom. The number of nitrogens with one attached hydrogen (secondary N) is 2. The molecule has 0 fully saturated rings. The Morgan fingerprint density at radius 3 is 2.78 bits per heavy atom. The van der Waals surface area contributed by atoms with E-state index in [2.05, 4.69) is 45.7 Å². The zero-order chi connectivity index (χ0) is 25.7. The Bertz CT molecular complexity index is 1430. The number of esters is 1. The van der Waals surface area contributed by atoms with Gasteiger partial charge in [-0.3, -0.25) is 14.7 Å². The lowest BCUT2D eigenvalue weighted by molar-refractivity contribution is -0.142. The molecule has 1 atom stereocenters. The summed E-state index contributed by atoms with van der Waals surface area (Å²) in [5, 5.41) is 36.2. The lowest BCUT2D eigenvalue weighted by Gasteiger charge is -2.09. The second-order valence-electron chi connectivity index (χ2n) is 7.59. The molecule has 0 aliphatic carbocycles. The Kier molecular flexibility index (Phi) is 7.39. The Labute approximate surface area is 207 Å². The quantitative estimate of drug-likeness (QED) is 0.212. The maximum atomic E-state index is 12.0. The van der Waals surface area contributed by atoms with E-state index in [4.69, 9.17) is 0 Å². The van der Waals surface area contributed by atoms with Crippen LogP contribution in [0.25, 0.3) is 16.9 Å². The van der Waals surface area contributed by atoms with Gasteiger partial charge in [-0.2, -0.15) is 4.63 Å². The molecule has 0 aliphatic rings. The number of methoxy groups -OCH3 is 1. The smallest absolute Gasteiger partial charge is 0.336 e. The van der Waals surface area contributed by atoms with Crippen LogP contribution in [0.4, 0.5) is 10.8 Å². The highest BCUT2D eigenvalue weighted by Crippen LogP contribution is 2.36. The summed E-state index contributed by atoms with van der Waals surface area (Å²) >= 11 is 1.19. The molecule has 0 aliphatic heterocycles. The number of carbonyl (C=O) groups is 3. The second-order valence-corrected chi connectivity index (χ2v) is 8.41. The number of aromatic nitrogens is 6. The number of H-pyrrole nitrogens is 1. The molecule has 36 heavy (non-hydrogen) atoms. The first-order chi connectivity index (χ1) is 17.4. The minimum absolute atomic E-state index is 0.00791. The first-order valence-electron chi connectivity index (χ1n) is 10.7. The van der Waals surface area contributed by atoms with Gasteiger partial charge < -0.3 is 15.2 Å². The third-order valence-electron chi connectivity index (χ3n) is 5.13. The van der Waals surface area contributed by atoms with Gasteiger partial charge in [-0.05, 0) is 6.07 Å². The number of azo groups is 1. The van der Waals surface area contributed by atoms with Crippen molar-refractivity contribution >= 4 is 45.6 Å². The Morgan fingerprint density at radius 2 is 2.06 bits per heavy atom. The van der Waals surface area contributed by atoms with Crippen LogP contribution in [0.3, 0.4) is 0 Å². The molecule has 14 nitrogen and oxygen atoms in total. The van der Waals surface area contributed by atoms with Gasteiger partial charge in [0.2, 0.25) is 11.6 Å². The number of ether oxygens (including phenoxy) is 1. The molecule has 3 N–H and O–H groups in total. The fraction of sp³-hybridized carbons (Fsp3) is 0.286. The van der Waals surface area contributed by atoms with Gasteiger partial charge in [0, 0.05) is 24.4 Å². The highest BCUT2D eigenvalue weighted by atomic mass is 32.1. The Hall–Kier alpha value is -4.53. The highest BCUT2D eigenvalue weighted by Gasteiger charge is 2.23. The van der Waals surface area contributed by atoms with Crippen LogP contribution in [0.15, 0.2) is 40.0 Å². The molecule has 1 unspecified atom stereocenters. The molecule has 4 aromatic rings. The first-order valence-corrected chi connectivity index (χ1v) is 11.6. The van der Waals surface area contributed by atoms with Crippen LogP contribution in [0.1, 0.15) is 41.9 Å². The number of hydrogen-bond donors (Lipinski definition) is 3. The van der Waals surface area contributed by atoms with Gasteiger partial charge >= 0.3 is 11.9 Å². The van der Waals surface area contributed by atoms with Crippen LogP contribution in [0.5, 0.6) is 0 Å². The number of benzene rings is 1. The van der Waals surface area contributed by atoms with Crippen molar-refractivity contribution in [1.29, 1.82) is 0 Å². The maximum absolute atomic E-state index is 12.0. The molecule has 15 heteroatoms. The number of carboxylic acid groups (broad SMARTS) is 1. The fourth-order valence-electron chi connectivity index (χ4n) is 3.28. The summed E-state index contributed by atoms with van der Waals surface area (Å²) in [5.41, 5.74) is 2.92. The van der Waals surface area contributed by atoms with E-state index in [0.717, 1.165) is 0 Å².